The summed E-state index contributed by atoms with van der Waals surface area (Å²) in [6.45, 7) is 1.88. The number of methoxy groups -OCH3 is 1. The number of rotatable bonds is 32. The average molecular weight is 1140 g/mol. The van der Waals surface area contributed by atoms with Crippen LogP contribution in [0.3, 0.4) is 0 Å². The van der Waals surface area contributed by atoms with Gasteiger partial charge in [-0.25, -0.2) is 0 Å². The summed E-state index contributed by atoms with van der Waals surface area (Å²) in [4.78, 5) is 0. The van der Waals surface area contributed by atoms with E-state index < -0.39 is 133 Å². The van der Waals surface area contributed by atoms with Gasteiger partial charge < -0.3 is 120 Å². The van der Waals surface area contributed by atoms with E-state index in [-0.39, 0.29) is 58.2 Å². The van der Waals surface area contributed by atoms with Crippen molar-refractivity contribution in [2.75, 3.05) is 108 Å². The number of thiocarbonyl (C=S) groups is 1. The Morgan fingerprint density at radius 2 is 0.917 bits per heavy atom. The van der Waals surface area contributed by atoms with Gasteiger partial charge in [-0.2, -0.15) is 11.8 Å². The molecule has 0 aromatic rings. The summed E-state index contributed by atoms with van der Waals surface area (Å²) in [5.41, 5.74) is -3.57. The third kappa shape index (κ3) is 19.2. The van der Waals surface area contributed by atoms with Gasteiger partial charge in [-0.1, -0.05) is 6.92 Å². The molecule has 29 heteroatoms. The van der Waals surface area contributed by atoms with Crippen molar-refractivity contribution in [3.8, 4) is 0 Å². The zero-order valence-corrected chi connectivity index (χ0v) is 44.6. The Morgan fingerprint density at radius 3 is 1.29 bits per heavy atom. The normalized spacial score (nSPS) is 38.3. The van der Waals surface area contributed by atoms with Gasteiger partial charge in [0.05, 0.1) is 57.3 Å². The molecule has 20 atom stereocenters. The highest BCUT2D eigenvalue weighted by atomic mass is 32.2. The highest BCUT2D eigenvalue weighted by Gasteiger charge is 2.46. The van der Waals surface area contributed by atoms with Gasteiger partial charge in [0.1, 0.15) is 95.7 Å². The Labute approximate surface area is 442 Å². The molecule has 24 nitrogen and oxygen atoms in total. The van der Waals surface area contributed by atoms with Gasteiger partial charge in [0.2, 0.25) is 0 Å². The molecule has 0 aliphatic carbocycles. The first kappa shape index (κ1) is 64.7. The van der Waals surface area contributed by atoms with Crippen molar-refractivity contribution >= 4 is 64.4 Å². The Morgan fingerprint density at radius 1 is 0.514 bits per heavy atom. The van der Waals surface area contributed by atoms with Gasteiger partial charge in [0, 0.05) is 57.4 Å². The second-order valence-corrected chi connectivity index (χ2v) is 23.4. The Kier molecular flexibility index (Phi) is 30.2. The maximum atomic E-state index is 10.5. The van der Waals surface area contributed by atoms with Gasteiger partial charge in [0.25, 0.3) is 0 Å². The maximum Gasteiger partial charge on any atom is 0.186 e. The zero-order valence-electron chi connectivity index (χ0n) is 40.6. The molecule has 0 aromatic heterocycles. The number of thioether (sulfide) groups is 4. The van der Waals surface area contributed by atoms with Crippen LogP contribution in [-0.4, -0.2) is 299 Å². The number of nitrogens with one attached hydrogen (secondary N) is 2. The van der Waals surface area contributed by atoms with Gasteiger partial charge >= 0.3 is 0 Å². The minimum absolute atomic E-state index is 0.102. The molecular formula is C43H80N2O22S5. The quantitative estimate of drug-likeness (QED) is 0.0221. The highest BCUT2D eigenvalue weighted by molar-refractivity contribution is 8.00. The predicted octanol–water partition coefficient (Wildman–Crippen LogP) is -5.28. The van der Waals surface area contributed by atoms with Gasteiger partial charge in [-0.15, -0.1) is 35.3 Å². The fourth-order valence-electron chi connectivity index (χ4n) is 8.06. The topological polar surface area (TPSA) is 381 Å². The highest BCUT2D eigenvalue weighted by Crippen LogP contribution is 2.33. The van der Waals surface area contributed by atoms with Crippen molar-refractivity contribution < 1.29 is 109 Å². The molecule has 0 amide bonds. The third-order valence-electron chi connectivity index (χ3n) is 12.6. The van der Waals surface area contributed by atoms with Crippen LogP contribution in [0.2, 0.25) is 0 Å². The Balaban J connectivity index is 1.37. The van der Waals surface area contributed by atoms with Crippen LogP contribution in [-0.2, 0) is 37.9 Å². The van der Waals surface area contributed by atoms with Gasteiger partial charge in [0.15, 0.2) is 11.4 Å². The molecule has 0 aromatic carbocycles. The summed E-state index contributed by atoms with van der Waals surface area (Å²) in [5, 5.41) is 149. The second kappa shape index (κ2) is 33.6. The molecule has 4 aliphatic rings. The summed E-state index contributed by atoms with van der Waals surface area (Å²) < 4.78 is 46.7. The molecule has 4 fully saturated rings. The van der Waals surface area contributed by atoms with E-state index in [4.69, 9.17) is 50.1 Å². The van der Waals surface area contributed by atoms with Crippen LogP contribution in [0.4, 0.5) is 0 Å². The number of ether oxygens (including phenoxy) is 8. The van der Waals surface area contributed by atoms with E-state index in [2.05, 4.69) is 10.6 Å². The lowest BCUT2D eigenvalue weighted by Crippen LogP contribution is -2.57. The second-order valence-electron chi connectivity index (χ2n) is 18.2. The first-order valence-electron chi connectivity index (χ1n) is 24.1. The van der Waals surface area contributed by atoms with E-state index in [1.54, 1.807) is 11.8 Å². The molecule has 4 saturated heterocycles. The molecule has 4 heterocycles. The van der Waals surface area contributed by atoms with E-state index in [0.29, 0.717) is 59.7 Å². The average Bonchev–Trinajstić information content (AvgIpc) is 3.38. The number of hydrogen-bond acceptors (Lipinski definition) is 27. The van der Waals surface area contributed by atoms with E-state index in [9.17, 15) is 71.5 Å². The summed E-state index contributed by atoms with van der Waals surface area (Å²) in [5.74, 6) is 2.10. The minimum atomic E-state index is -1.50. The van der Waals surface area contributed by atoms with E-state index in [1.165, 1.54) is 42.4 Å². The number of aliphatic hydroxyl groups is 14. The van der Waals surface area contributed by atoms with Gasteiger partial charge in [-0.3, -0.25) is 0 Å². The van der Waals surface area contributed by atoms with Crippen LogP contribution in [0.15, 0.2) is 0 Å². The fraction of sp³-hybridized carbons (Fsp3) is 0.977. The smallest absolute Gasteiger partial charge is 0.186 e. The molecule has 0 bridgehead atoms. The van der Waals surface area contributed by atoms with Crippen LogP contribution in [0.1, 0.15) is 26.2 Å². The van der Waals surface area contributed by atoms with Crippen LogP contribution >= 0.6 is 59.3 Å². The standard InChI is InChI=1S/C43H80N2O22S5/c1-22-26(64-38(60-2)34(56)27(22)49)17-69-13-6-44-42(68)45-18-43(19-61-7-3-10-70-39-35(57)31(53)28(50)23(14-46)65-39,20-62-8-4-11-71-40-36(58)32(54)29(51)24(15-47)66-40)21-63-9-5-12-72-41-37(59)33(55)30(52)25(16-48)67-41/h22-41,46-59H,3-21H2,1-2H3,(H2,44,45,68)/t22?,23?,24?,25?,26?,27?,28-,29-,30-,31-,32-,33-,34?,35?,36?,37?,38+,39-,40-,41-,43?/m0/s1. The van der Waals surface area contributed by atoms with Crippen LogP contribution < -0.4 is 10.6 Å². The SMILES string of the molecule is CO[C@@H]1OC(CSCCNC(=S)NCC(COCCCS[C@@H]2OC(CO)[C@H](O)[C@H](O)C2O)(COCCCS[C@@H]2OC(CO)[C@H](O)[C@H](O)C2O)COCCCS[C@@H]2OC(CO)[C@H](O)[C@H](O)C2O)C(C)C(O)C1O. The van der Waals surface area contributed by atoms with Crippen molar-refractivity contribution in [1.29, 1.82) is 0 Å². The van der Waals surface area contributed by atoms with Crippen LogP contribution in [0.5, 0.6) is 0 Å². The van der Waals surface area contributed by atoms with E-state index in [1.807, 2.05) is 6.92 Å². The van der Waals surface area contributed by atoms with Crippen molar-refractivity contribution in [3.63, 3.8) is 0 Å². The lowest BCUT2D eigenvalue weighted by molar-refractivity contribution is -0.270. The molecular weight excluding hydrogens is 1060 g/mol. The number of hydrogen-bond donors (Lipinski definition) is 16. The Hall–Kier alpha value is 0.210. The molecule has 4 aliphatic heterocycles. The van der Waals surface area contributed by atoms with Crippen LogP contribution in [0.25, 0.3) is 0 Å². The molecule has 10 unspecified atom stereocenters. The minimum Gasteiger partial charge on any atom is -0.394 e. The largest absolute Gasteiger partial charge is 0.394 e. The summed E-state index contributed by atoms with van der Waals surface area (Å²) >= 11 is 10.9. The summed E-state index contributed by atoms with van der Waals surface area (Å²) in [6.07, 6.45) is -18.1. The van der Waals surface area contributed by atoms with Crippen molar-refractivity contribution in [2.45, 2.75) is 140 Å². The molecule has 0 saturated carbocycles. The summed E-state index contributed by atoms with van der Waals surface area (Å²) in [7, 11) is 1.40. The molecule has 72 heavy (non-hydrogen) atoms. The maximum absolute atomic E-state index is 10.5. The van der Waals surface area contributed by atoms with Crippen molar-refractivity contribution in [3.05, 3.63) is 0 Å². The van der Waals surface area contributed by atoms with Crippen molar-refractivity contribution in [2.24, 2.45) is 11.3 Å². The Bertz CT molecular complexity index is 1380. The molecule has 0 spiro atoms. The monoisotopic (exact) mass is 1140 g/mol. The first-order valence-corrected chi connectivity index (χ1v) is 28.8. The molecule has 0 radical (unpaired) electrons. The number of aliphatic hydroxyl groups excluding tert-OH is 14. The molecule has 424 valence electrons. The third-order valence-corrected chi connectivity index (χ3v) is 17.7. The van der Waals surface area contributed by atoms with Crippen molar-refractivity contribution in [1.82, 2.24) is 10.6 Å². The van der Waals surface area contributed by atoms with Crippen LogP contribution in [0, 0.1) is 11.3 Å². The lowest BCUT2D eigenvalue weighted by Gasteiger charge is -2.40. The van der Waals surface area contributed by atoms with Gasteiger partial charge in [-0.05, 0) is 48.7 Å². The first-order chi connectivity index (χ1) is 34.4. The molecule has 4 rings (SSSR count). The zero-order chi connectivity index (χ0) is 53.0. The van der Waals surface area contributed by atoms with E-state index in [0.717, 1.165) is 0 Å². The van der Waals surface area contributed by atoms with E-state index >= 15 is 0 Å². The molecule has 16 N–H and O–H groups in total. The summed E-state index contributed by atoms with van der Waals surface area (Å²) in [6, 6.07) is 0. The lowest BCUT2D eigenvalue weighted by atomic mass is 9.90. The fourth-order valence-corrected chi connectivity index (χ4v) is 12.6. The predicted molar refractivity (Wildman–Crippen MR) is 270 cm³/mol.